The summed E-state index contributed by atoms with van der Waals surface area (Å²) in [5, 5.41) is 11.9. The molecule has 0 aliphatic rings. The number of aromatic nitrogens is 2. The van der Waals surface area contributed by atoms with Gasteiger partial charge in [-0.05, 0) is 31.5 Å². The number of benzene rings is 1. The van der Waals surface area contributed by atoms with E-state index >= 15 is 0 Å². The Morgan fingerprint density at radius 1 is 1.36 bits per heavy atom. The van der Waals surface area contributed by atoms with Crippen molar-refractivity contribution in [1.29, 1.82) is 0 Å². The van der Waals surface area contributed by atoms with E-state index in [1.807, 2.05) is 32.0 Å². The number of nitrogen functional groups attached to an aromatic ring is 1. The lowest BCUT2D eigenvalue weighted by molar-refractivity contribution is 0.103. The number of fused-ring (bicyclic) bond motifs is 1. The summed E-state index contributed by atoms with van der Waals surface area (Å²) >= 11 is 0.291. The van der Waals surface area contributed by atoms with Crippen LogP contribution < -0.4 is 11.1 Å². The van der Waals surface area contributed by atoms with Gasteiger partial charge in [0.1, 0.15) is 15.5 Å². The van der Waals surface area contributed by atoms with Gasteiger partial charge in [0.15, 0.2) is 0 Å². The van der Waals surface area contributed by atoms with Crippen molar-refractivity contribution in [1.82, 2.24) is 10.2 Å². The fraction of sp³-hybridized carbons (Fsp3) is 0.235. The van der Waals surface area contributed by atoms with Crippen LogP contribution in [0.15, 0.2) is 24.3 Å². The second-order valence-corrected chi connectivity index (χ2v) is 8.24. The van der Waals surface area contributed by atoms with Crippen molar-refractivity contribution >= 4 is 50.0 Å². The average Bonchev–Trinajstić information content (AvgIpc) is 2.88. The van der Waals surface area contributed by atoms with Crippen molar-refractivity contribution in [3.63, 3.8) is 0 Å². The first-order chi connectivity index (χ1) is 11.9. The Balaban J connectivity index is 1.91. The molecule has 130 valence electrons. The molecule has 0 aliphatic carbocycles. The average molecular weight is 374 g/mol. The predicted molar refractivity (Wildman–Crippen MR) is 103 cm³/mol. The molecular formula is C17H18N4O2S2. The number of hydrogen-bond acceptors (Lipinski definition) is 6. The second kappa shape index (κ2) is 6.99. The number of thiophene rings is 1. The molecule has 0 radical (unpaired) electrons. The molecule has 1 amide bonds. The molecule has 0 fully saturated rings. The molecule has 8 heteroatoms. The van der Waals surface area contributed by atoms with Gasteiger partial charge in [-0.15, -0.1) is 16.4 Å². The standard InChI is InChI=1S/C17H18N4O2S2/c1-9-10(2)20-21-17-13(9)14(18)15(24-17)16(22)19-12-6-4-5-11(7-12)8-25(3)23/h4-7H,8,18H2,1-3H3,(H,19,22). The van der Waals surface area contributed by atoms with E-state index in [2.05, 4.69) is 15.5 Å². The van der Waals surface area contributed by atoms with Gasteiger partial charge in [-0.2, -0.15) is 5.10 Å². The zero-order valence-electron chi connectivity index (χ0n) is 14.1. The zero-order valence-corrected chi connectivity index (χ0v) is 15.8. The van der Waals surface area contributed by atoms with Gasteiger partial charge in [0.05, 0.1) is 17.6 Å². The van der Waals surface area contributed by atoms with Crippen molar-refractivity contribution < 1.29 is 9.35 Å². The molecule has 1 atom stereocenters. The molecule has 3 rings (SSSR count). The summed E-state index contributed by atoms with van der Waals surface area (Å²) in [6.07, 6.45) is 1.65. The second-order valence-electron chi connectivity index (χ2n) is 5.81. The van der Waals surface area contributed by atoms with E-state index in [1.165, 1.54) is 11.3 Å². The first-order valence-electron chi connectivity index (χ1n) is 7.59. The van der Waals surface area contributed by atoms with Crippen LogP contribution in [-0.4, -0.2) is 26.9 Å². The molecule has 0 spiro atoms. The highest BCUT2D eigenvalue weighted by Gasteiger charge is 2.20. The normalized spacial score (nSPS) is 12.3. The third kappa shape index (κ3) is 3.60. The molecule has 1 unspecified atom stereocenters. The van der Waals surface area contributed by atoms with Gasteiger partial charge in [0.25, 0.3) is 5.91 Å². The quantitative estimate of drug-likeness (QED) is 0.683. The van der Waals surface area contributed by atoms with Crippen molar-refractivity contribution in [3.8, 4) is 0 Å². The summed E-state index contributed by atoms with van der Waals surface area (Å²) in [7, 11) is 0. The van der Waals surface area contributed by atoms with Crippen molar-refractivity contribution in [2.75, 3.05) is 17.3 Å². The topological polar surface area (TPSA) is 104 Å². The number of nitrogens with two attached hydrogens (primary N) is 1. The summed E-state index contributed by atoms with van der Waals surface area (Å²) < 4.78 is 11.4. The molecule has 2 heterocycles. The van der Waals surface area contributed by atoms with E-state index in [0.29, 0.717) is 26.8 Å². The van der Waals surface area contributed by atoms with Crippen LogP contribution in [0.3, 0.4) is 0 Å². The minimum Gasteiger partial charge on any atom is -0.616 e. The number of amides is 1. The fourth-order valence-corrected chi connectivity index (χ4v) is 4.22. The molecule has 0 saturated heterocycles. The highest BCUT2D eigenvalue weighted by molar-refractivity contribution is 7.89. The van der Waals surface area contributed by atoms with Crippen molar-refractivity contribution in [2.24, 2.45) is 0 Å². The highest BCUT2D eigenvalue weighted by Crippen LogP contribution is 2.35. The largest absolute Gasteiger partial charge is 0.616 e. The lowest BCUT2D eigenvalue weighted by Gasteiger charge is -2.08. The molecule has 3 aromatic rings. The number of carbonyl (C=O) groups excluding carboxylic acids is 1. The third-order valence-corrected chi connectivity index (χ3v) is 5.72. The minimum absolute atomic E-state index is 0.285. The zero-order chi connectivity index (χ0) is 18.1. The maximum atomic E-state index is 12.6. The number of aryl methyl sites for hydroxylation is 2. The molecule has 3 N–H and O–H groups in total. The Kier molecular flexibility index (Phi) is 4.94. The SMILES string of the molecule is Cc1nnc2sc(C(=O)Nc3cccc(C[S+](C)[O-])c3)c(N)c2c1C. The summed E-state index contributed by atoms with van der Waals surface area (Å²) in [6.45, 7) is 3.78. The van der Waals surface area contributed by atoms with Crippen LogP contribution in [0.25, 0.3) is 10.2 Å². The smallest absolute Gasteiger partial charge is 0.267 e. The first-order valence-corrected chi connectivity index (χ1v) is 10.1. The van der Waals surface area contributed by atoms with Crippen LogP contribution in [0.4, 0.5) is 11.4 Å². The van der Waals surface area contributed by atoms with Gasteiger partial charge in [-0.25, -0.2) is 0 Å². The van der Waals surface area contributed by atoms with Gasteiger partial charge in [0, 0.05) is 16.6 Å². The van der Waals surface area contributed by atoms with E-state index in [-0.39, 0.29) is 5.91 Å². The molecule has 25 heavy (non-hydrogen) atoms. The Bertz CT molecular complexity index is 953. The van der Waals surface area contributed by atoms with Crippen LogP contribution in [-0.2, 0) is 16.9 Å². The maximum Gasteiger partial charge on any atom is 0.267 e. The van der Waals surface area contributed by atoms with Gasteiger partial charge >= 0.3 is 0 Å². The van der Waals surface area contributed by atoms with Crippen molar-refractivity contribution in [3.05, 3.63) is 46.0 Å². The summed E-state index contributed by atoms with van der Waals surface area (Å²) in [5.74, 6) is 0.162. The Labute approximate surface area is 152 Å². The first kappa shape index (κ1) is 17.7. The Morgan fingerprint density at radius 3 is 2.84 bits per heavy atom. The Hall–Kier alpha value is -2.16. The lowest BCUT2D eigenvalue weighted by Crippen LogP contribution is -2.12. The summed E-state index contributed by atoms with van der Waals surface area (Å²) in [4.78, 5) is 13.7. The van der Waals surface area contributed by atoms with E-state index in [1.54, 1.807) is 12.3 Å². The van der Waals surface area contributed by atoms with E-state index in [9.17, 15) is 9.35 Å². The predicted octanol–water partition coefficient (Wildman–Crippen LogP) is 3.02. The number of carbonyl (C=O) groups is 1. The van der Waals surface area contributed by atoms with E-state index in [0.717, 1.165) is 22.2 Å². The maximum absolute atomic E-state index is 12.6. The van der Waals surface area contributed by atoms with Gasteiger partial charge in [0.2, 0.25) is 0 Å². The summed E-state index contributed by atoms with van der Waals surface area (Å²) in [6, 6.07) is 7.31. The van der Waals surface area contributed by atoms with E-state index < -0.39 is 11.2 Å². The molecule has 2 aromatic heterocycles. The van der Waals surface area contributed by atoms with Crippen LogP contribution in [0.1, 0.15) is 26.5 Å². The molecule has 0 bridgehead atoms. The van der Waals surface area contributed by atoms with Crippen molar-refractivity contribution in [2.45, 2.75) is 19.6 Å². The molecule has 0 saturated carbocycles. The van der Waals surface area contributed by atoms with Gasteiger partial charge in [-0.3, -0.25) is 4.79 Å². The highest BCUT2D eigenvalue weighted by atomic mass is 32.2. The molecule has 6 nitrogen and oxygen atoms in total. The third-order valence-electron chi connectivity index (χ3n) is 3.90. The summed E-state index contributed by atoms with van der Waals surface area (Å²) in [5.41, 5.74) is 9.91. The molecule has 1 aromatic carbocycles. The number of nitrogens with zero attached hydrogens (tertiary/aromatic N) is 2. The monoisotopic (exact) mass is 374 g/mol. The minimum atomic E-state index is -0.938. The lowest BCUT2D eigenvalue weighted by atomic mass is 10.1. The van der Waals surface area contributed by atoms with Crippen LogP contribution >= 0.6 is 11.3 Å². The Morgan fingerprint density at radius 2 is 2.12 bits per heavy atom. The number of anilines is 2. The van der Waals surface area contributed by atoms with Crippen LogP contribution in [0.5, 0.6) is 0 Å². The number of hydrogen-bond donors (Lipinski definition) is 2. The van der Waals surface area contributed by atoms with E-state index in [4.69, 9.17) is 5.73 Å². The number of rotatable bonds is 4. The van der Waals surface area contributed by atoms with Gasteiger partial charge < -0.3 is 15.6 Å². The molecular weight excluding hydrogens is 356 g/mol. The number of nitrogens with one attached hydrogen (secondary N) is 1. The van der Waals surface area contributed by atoms with Crippen LogP contribution in [0.2, 0.25) is 0 Å². The fourth-order valence-electron chi connectivity index (χ4n) is 2.57. The molecule has 0 aliphatic heterocycles. The van der Waals surface area contributed by atoms with Crippen LogP contribution in [0, 0.1) is 13.8 Å². The van der Waals surface area contributed by atoms with Gasteiger partial charge in [-0.1, -0.05) is 23.3 Å².